The molecule has 0 radical (unpaired) electrons. The topological polar surface area (TPSA) is 81.1 Å². The summed E-state index contributed by atoms with van der Waals surface area (Å²) in [4.78, 5) is 12.4. The number of carbonyl (C=O) groups excluding carboxylic acids is 1. The first kappa shape index (κ1) is 17.7. The molecule has 0 saturated carbocycles. The molecule has 25 heavy (non-hydrogen) atoms. The average molecular weight is 361 g/mol. The van der Waals surface area contributed by atoms with Gasteiger partial charge in [0.1, 0.15) is 5.82 Å². The Balaban J connectivity index is 1.99. The Labute approximate surface area is 148 Å². The van der Waals surface area contributed by atoms with Gasteiger partial charge in [-0.25, -0.2) is 13.1 Å². The minimum Gasteiger partial charge on any atom is -0.310 e. The van der Waals surface area contributed by atoms with E-state index in [1.54, 1.807) is 4.68 Å². The number of anilines is 1. The van der Waals surface area contributed by atoms with Gasteiger partial charge in [0.2, 0.25) is 5.91 Å². The number of nitrogens with one attached hydrogen (secondary N) is 1. The maximum Gasteiger partial charge on any atom is 0.230 e. The smallest absolute Gasteiger partial charge is 0.230 e. The van der Waals surface area contributed by atoms with E-state index in [9.17, 15) is 13.2 Å². The van der Waals surface area contributed by atoms with E-state index in [0.717, 1.165) is 5.56 Å². The Morgan fingerprint density at radius 1 is 1.24 bits per heavy atom. The van der Waals surface area contributed by atoms with Crippen LogP contribution in [0.2, 0.25) is 0 Å². The molecule has 1 N–H and O–H groups in total. The predicted molar refractivity (Wildman–Crippen MR) is 98.1 cm³/mol. The molecule has 1 saturated heterocycles. The van der Waals surface area contributed by atoms with Crippen molar-refractivity contribution in [2.75, 3.05) is 16.8 Å². The number of carbonyl (C=O) groups is 1. The summed E-state index contributed by atoms with van der Waals surface area (Å²) in [5, 5.41) is 7.51. The number of sulfone groups is 1. The largest absolute Gasteiger partial charge is 0.310 e. The quantitative estimate of drug-likeness (QED) is 0.911. The van der Waals surface area contributed by atoms with Gasteiger partial charge in [-0.1, -0.05) is 51.1 Å². The van der Waals surface area contributed by atoms with E-state index in [1.807, 2.05) is 57.2 Å². The highest BCUT2D eigenvalue weighted by atomic mass is 32.2. The average Bonchev–Trinajstić information content (AvgIpc) is 3.10. The molecule has 0 unspecified atom stereocenters. The summed E-state index contributed by atoms with van der Waals surface area (Å²) in [5.41, 5.74) is 1.09. The van der Waals surface area contributed by atoms with Gasteiger partial charge < -0.3 is 5.32 Å². The van der Waals surface area contributed by atoms with Crippen molar-refractivity contribution in [3.05, 3.63) is 36.4 Å². The molecule has 6 nitrogen and oxygen atoms in total. The molecule has 2 heterocycles. The fourth-order valence-corrected chi connectivity index (χ4v) is 4.48. The molecule has 1 aliphatic heterocycles. The number of hydrogen-bond acceptors (Lipinski definition) is 4. The summed E-state index contributed by atoms with van der Waals surface area (Å²) >= 11 is 0. The van der Waals surface area contributed by atoms with Gasteiger partial charge in [-0.15, -0.1) is 0 Å². The molecule has 134 valence electrons. The first-order valence-corrected chi connectivity index (χ1v) is 10.1. The lowest BCUT2D eigenvalue weighted by molar-refractivity contribution is -0.123. The van der Waals surface area contributed by atoms with Gasteiger partial charge in [0.15, 0.2) is 9.84 Å². The second-order valence-electron chi connectivity index (χ2n) is 7.49. The van der Waals surface area contributed by atoms with Crippen LogP contribution in [-0.2, 0) is 14.6 Å². The summed E-state index contributed by atoms with van der Waals surface area (Å²) in [6, 6.07) is 11.2. The number of aromatic nitrogens is 2. The van der Waals surface area contributed by atoms with Crippen molar-refractivity contribution >= 4 is 21.6 Å². The molecule has 2 aromatic rings. The van der Waals surface area contributed by atoms with Crippen LogP contribution < -0.4 is 5.32 Å². The van der Waals surface area contributed by atoms with E-state index >= 15 is 0 Å². The zero-order chi connectivity index (χ0) is 18.2. The molecule has 7 heteroatoms. The van der Waals surface area contributed by atoms with E-state index in [4.69, 9.17) is 0 Å². The van der Waals surface area contributed by atoms with Crippen molar-refractivity contribution in [2.24, 2.45) is 5.41 Å². The Morgan fingerprint density at radius 2 is 1.92 bits per heavy atom. The van der Waals surface area contributed by atoms with Gasteiger partial charge in [-0.05, 0) is 6.42 Å². The van der Waals surface area contributed by atoms with E-state index in [2.05, 4.69) is 10.4 Å². The highest BCUT2D eigenvalue weighted by Gasteiger charge is 2.32. The molecular formula is C18H23N3O3S. The summed E-state index contributed by atoms with van der Waals surface area (Å²) in [5.74, 6) is 0.626. The molecule has 1 amide bonds. The molecule has 0 spiro atoms. The summed E-state index contributed by atoms with van der Waals surface area (Å²) < 4.78 is 25.4. The Kier molecular flexibility index (Phi) is 4.45. The Morgan fingerprint density at radius 3 is 2.48 bits per heavy atom. The lowest BCUT2D eigenvalue weighted by Gasteiger charge is -2.19. The molecule has 1 fully saturated rings. The van der Waals surface area contributed by atoms with Crippen molar-refractivity contribution in [1.82, 2.24) is 9.78 Å². The van der Waals surface area contributed by atoms with Crippen LogP contribution in [0, 0.1) is 5.41 Å². The summed E-state index contributed by atoms with van der Waals surface area (Å²) in [7, 11) is -3.05. The van der Waals surface area contributed by atoms with Gasteiger partial charge in [0, 0.05) is 17.0 Å². The standard InChI is InChI=1S/C18H23N3O3S/c1-18(2,3)17(22)19-16-11-15(13-7-5-4-6-8-13)20-21(16)14-9-10-25(23,24)12-14/h4-8,11,14H,9-10,12H2,1-3H3,(H,19,22)/t14-/m1/s1. The third kappa shape index (κ3) is 3.92. The molecule has 1 atom stereocenters. The van der Waals surface area contributed by atoms with Gasteiger partial charge in [-0.2, -0.15) is 5.10 Å². The number of amides is 1. The highest BCUT2D eigenvalue weighted by molar-refractivity contribution is 7.91. The van der Waals surface area contributed by atoms with Crippen molar-refractivity contribution in [3.8, 4) is 11.3 Å². The molecule has 1 aliphatic rings. The molecular weight excluding hydrogens is 338 g/mol. The first-order chi connectivity index (χ1) is 11.7. The monoisotopic (exact) mass is 361 g/mol. The number of benzene rings is 1. The summed E-state index contributed by atoms with van der Waals surface area (Å²) in [6.07, 6.45) is 0.511. The third-order valence-corrected chi connectivity index (χ3v) is 6.03. The third-order valence-electron chi connectivity index (χ3n) is 4.28. The maximum atomic E-state index is 12.4. The second-order valence-corrected chi connectivity index (χ2v) is 9.72. The van der Waals surface area contributed by atoms with Crippen molar-refractivity contribution in [1.29, 1.82) is 0 Å². The fourth-order valence-electron chi connectivity index (χ4n) is 2.79. The van der Waals surface area contributed by atoms with Crippen LogP contribution in [0.3, 0.4) is 0 Å². The van der Waals surface area contributed by atoms with Gasteiger partial charge in [0.25, 0.3) is 0 Å². The van der Waals surface area contributed by atoms with Crippen molar-refractivity contribution in [3.63, 3.8) is 0 Å². The van der Waals surface area contributed by atoms with Crippen LogP contribution in [0.1, 0.15) is 33.2 Å². The Bertz CT molecular complexity index is 880. The number of rotatable bonds is 3. The van der Waals surface area contributed by atoms with E-state index in [-0.39, 0.29) is 23.5 Å². The van der Waals surface area contributed by atoms with Crippen LogP contribution in [-0.4, -0.2) is 35.6 Å². The van der Waals surface area contributed by atoms with Crippen LogP contribution in [0.5, 0.6) is 0 Å². The van der Waals surface area contributed by atoms with Crippen LogP contribution in [0.25, 0.3) is 11.3 Å². The van der Waals surface area contributed by atoms with E-state index in [1.165, 1.54) is 0 Å². The molecule has 0 bridgehead atoms. The zero-order valence-corrected chi connectivity index (χ0v) is 15.5. The summed E-state index contributed by atoms with van der Waals surface area (Å²) in [6.45, 7) is 5.50. The molecule has 1 aromatic heterocycles. The van der Waals surface area contributed by atoms with Gasteiger partial charge in [-0.3, -0.25) is 4.79 Å². The normalized spacial score (nSPS) is 19.7. The second kappa shape index (κ2) is 6.29. The minimum atomic E-state index is -3.05. The highest BCUT2D eigenvalue weighted by Crippen LogP contribution is 2.31. The number of hydrogen-bond donors (Lipinski definition) is 1. The molecule has 1 aromatic carbocycles. The van der Waals surface area contributed by atoms with Crippen LogP contribution >= 0.6 is 0 Å². The lowest BCUT2D eigenvalue weighted by atomic mass is 9.96. The van der Waals surface area contributed by atoms with E-state index < -0.39 is 15.3 Å². The zero-order valence-electron chi connectivity index (χ0n) is 14.7. The van der Waals surface area contributed by atoms with Crippen molar-refractivity contribution in [2.45, 2.75) is 33.2 Å². The SMILES string of the molecule is CC(C)(C)C(=O)Nc1cc(-c2ccccc2)nn1[C@@H]1CCS(=O)(=O)C1. The molecule has 3 rings (SSSR count). The maximum absolute atomic E-state index is 12.4. The van der Waals surface area contributed by atoms with Gasteiger partial charge >= 0.3 is 0 Å². The lowest BCUT2D eigenvalue weighted by Crippen LogP contribution is -2.29. The fraction of sp³-hybridized carbons (Fsp3) is 0.444. The number of nitrogens with zero attached hydrogens (tertiary/aromatic N) is 2. The van der Waals surface area contributed by atoms with Crippen LogP contribution in [0.4, 0.5) is 5.82 Å². The minimum absolute atomic E-state index is 0.0568. The Hall–Kier alpha value is -2.15. The predicted octanol–water partition coefficient (Wildman–Crippen LogP) is 2.89. The molecule has 0 aliphatic carbocycles. The van der Waals surface area contributed by atoms with Crippen molar-refractivity contribution < 1.29 is 13.2 Å². The van der Waals surface area contributed by atoms with Crippen LogP contribution in [0.15, 0.2) is 36.4 Å². The van der Waals surface area contributed by atoms with E-state index in [0.29, 0.717) is 17.9 Å². The van der Waals surface area contributed by atoms with Gasteiger partial charge in [0.05, 0.1) is 23.2 Å². The first-order valence-electron chi connectivity index (χ1n) is 8.32.